The first-order valence-corrected chi connectivity index (χ1v) is 9.04. The molecule has 1 aromatic rings. The minimum absolute atomic E-state index is 0.213. The molecule has 0 aromatic carbocycles. The number of nitrogens with one attached hydrogen (secondary N) is 1. The predicted octanol–water partition coefficient (Wildman–Crippen LogP) is 1.83. The van der Waals surface area contributed by atoms with Crippen LogP contribution in [0.4, 0.5) is 0 Å². The minimum atomic E-state index is -0.353. The fraction of sp³-hybridized carbons (Fsp3) is 0.882. The first kappa shape index (κ1) is 16.9. The molecule has 2 fully saturated rings. The van der Waals surface area contributed by atoms with Crippen molar-refractivity contribution >= 4 is 0 Å². The van der Waals surface area contributed by atoms with E-state index >= 15 is 0 Å². The number of rotatable bonds is 6. The number of likely N-dealkylation sites (tertiary alicyclic amines) is 1. The molecule has 1 unspecified atom stereocenters. The van der Waals surface area contributed by atoms with E-state index in [2.05, 4.69) is 27.3 Å². The van der Waals surface area contributed by atoms with E-state index < -0.39 is 0 Å². The average molecular weight is 322 g/mol. The van der Waals surface area contributed by atoms with Crippen LogP contribution < -0.4 is 5.32 Å². The highest BCUT2D eigenvalue weighted by atomic mass is 16.5. The Morgan fingerprint density at radius 2 is 2.04 bits per heavy atom. The smallest absolute Gasteiger partial charge is 0.223 e. The fourth-order valence-corrected chi connectivity index (χ4v) is 3.87. The van der Waals surface area contributed by atoms with Crippen molar-refractivity contribution in [3.05, 3.63) is 11.7 Å². The Morgan fingerprint density at radius 1 is 1.35 bits per heavy atom. The lowest BCUT2D eigenvalue weighted by Gasteiger charge is -2.33. The second-order valence-corrected chi connectivity index (χ2v) is 7.44. The third-order valence-electron chi connectivity index (χ3n) is 5.43. The van der Waals surface area contributed by atoms with Gasteiger partial charge in [-0.2, -0.15) is 4.98 Å². The van der Waals surface area contributed by atoms with Crippen molar-refractivity contribution in [1.82, 2.24) is 20.4 Å². The molecule has 0 amide bonds. The number of aromatic nitrogens is 2. The summed E-state index contributed by atoms with van der Waals surface area (Å²) in [5.41, 5.74) is -0.213. The molecule has 1 saturated heterocycles. The van der Waals surface area contributed by atoms with Gasteiger partial charge in [-0.3, -0.25) is 0 Å². The lowest BCUT2D eigenvalue weighted by atomic mass is 9.96. The Bertz CT molecular complexity index is 491. The van der Waals surface area contributed by atoms with E-state index in [0.717, 1.165) is 44.2 Å². The van der Waals surface area contributed by atoms with Crippen molar-refractivity contribution in [2.75, 3.05) is 26.2 Å². The van der Waals surface area contributed by atoms with E-state index in [1.165, 1.54) is 25.7 Å². The molecule has 0 radical (unpaired) electrons. The average Bonchev–Trinajstić information content (AvgIpc) is 3.17. The number of piperidine rings is 1. The Morgan fingerprint density at radius 3 is 2.65 bits per heavy atom. The van der Waals surface area contributed by atoms with E-state index in [4.69, 9.17) is 4.52 Å². The van der Waals surface area contributed by atoms with Gasteiger partial charge in [-0.25, -0.2) is 0 Å². The van der Waals surface area contributed by atoms with E-state index in [-0.39, 0.29) is 11.6 Å². The molecule has 0 spiro atoms. The van der Waals surface area contributed by atoms with Crippen LogP contribution in [0.5, 0.6) is 0 Å². The van der Waals surface area contributed by atoms with Crippen LogP contribution in [0.2, 0.25) is 0 Å². The molecule has 1 aliphatic carbocycles. The Labute approximate surface area is 138 Å². The lowest BCUT2D eigenvalue weighted by molar-refractivity contribution is 0.0827. The summed E-state index contributed by atoms with van der Waals surface area (Å²) >= 11 is 0. The maximum absolute atomic E-state index is 10.4. The summed E-state index contributed by atoms with van der Waals surface area (Å²) < 4.78 is 5.17. The van der Waals surface area contributed by atoms with Crippen molar-refractivity contribution in [3.8, 4) is 0 Å². The quantitative estimate of drug-likeness (QED) is 0.832. The molecule has 3 rings (SSSR count). The van der Waals surface area contributed by atoms with Crippen LogP contribution in [0.25, 0.3) is 0 Å². The molecule has 1 atom stereocenters. The third-order valence-corrected chi connectivity index (χ3v) is 5.43. The van der Waals surface area contributed by atoms with Crippen LogP contribution >= 0.6 is 0 Å². The highest BCUT2D eigenvalue weighted by Gasteiger charge is 2.39. The van der Waals surface area contributed by atoms with Gasteiger partial charge in [0, 0.05) is 20.0 Å². The first-order valence-electron chi connectivity index (χ1n) is 9.04. The molecular weight excluding hydrogens is 292 g/mol. The number of β-amino-alcohol motifs (C(OH)–C–C–N with tert-alkyl or cyclic N) is 1. The van der Waals surface area contributed by atoms with E-state index in [1.54, 1.807) is 0 Å². The maximum atomic E-state index is 10.4. The number of hydrogen-bond acceptors (Lipinski definition) is 6. The highest BCUT2D eigenvalue weighted by Crippen LogP contribution is 2.37. The summed E-state index contributed by atoms with van der Waals surface area (Å²) in [6.45, 7) is 7.68. The first-order chi connectivity index (χ1) is 11.1. The Kier molecular flexibility index (Phi) is 5.34. The second kappa shape index (κ2) is 7.28. The molecule has 0 bridgehead atoms. The fourth-order valence-electron chi connectivity index (χ4n) is 3.87. The van der Waals surface area contributed by atoms with Gasteiger partial charge in [-0.1, -0.05) is 24.9 Å². The van der Waals surface area contributed by atoms with Gasteiger partial charge in [0.25, 0.3) is 0 Å². The number of aliphatic hydroxyl groups is 1. The van der Waals surface area contributed by atoms with Crippen LogP contribution in [0.15, 0.2) is 4.52 Å². The van der Waals surface area contributed by atoms with Gasteiger partial charge in [-0.15, -0.1) is 0 Å². The van der Waals surface area contributed by atoms with Crippen LogP contribution in [0.1, 0.15) is 57.2 Å². The molecule has 23 heavy (non-hydrogen) atoms. The summed E-state index contributed by atoms with van der Waals surface area (Å²) in [4.78, 5) is 6.82. The van der Waals surface area contributed by atoms with Gasteiger partial charge in [0.2, 0.25) is 5.89 Å². The number of hydrogen-bond donors (Lipinski definition) is 2. The molecule has 6 nitrogen and oxygen atoms in total. The molecule has 1 saturated carbocycles. The second-order valence-electron chi connectivity index (χ2n) is 7.44. The molecule has 2 N–H and O–H groups in total. The number of nitrogens with zero attached hydrogens (tertiary/aromatic N) is 3. The molecule has 1 aliphatic heterocycles. The van der Waals surface area contributed by atoms with Crippen molar-refractivity contribution < 1.29 is 9.63 Å². The van der Waals surface area contributed by atoms with E-state index in [9.17, 15) is 5.11 Å². The van der Waals surface area contributed by atoms with E-state index in [1.807, 2.05) is 6.92 Å². The van der Waals surface area contributed by atoms with Gasteiger partial charge in [-0.05, 0) is 44.7 Å². The Hall–Kier alpha value is -0.980. The van der Waals surface area contributed by atoms with Gasteiger partial charge >= 0.3 is 0 Å². The predicted molar refractivity (Wildman–Crippen MR) is 88.0 cm³/mol. The minimum Gasteiger partial charge on any atom is -0.390 e. The molecule has 2 heterocycles. The van der Waals surface area contributed by atoms with Gasteiger partial charge < -0.3 is 19.8 Å². The Balaban J connectivity index is 1.53. The summed E-state index contributed by atoms with van der Waals surface area (Å²) in [6.07, 6.45) is 6.49. The number of aryl methyl sites for hydroxylation is 1. The van der Waals surface area contributed by atoms with Crippen LogP contribution in [0.3, 0.4) is 0 Å². The zero-order valence-corrected chi connectivity index (χ0v) is 14.4. The van der Waals surface area contributed by atoms with Gasteiger partial charge in [0.1, 0.15) is 0 Å². The molecule has 1 aromatic heterocycles. The van der Waals surface area contributed by atoms with Crippen molar-refractivity contribution in [3.63, 3.8) is 0 Å². The molecule has 6 heteroatoms. The SMILES string of the molecule is Cc1nc(C2(NCC(O)CN3CCC(C)CC3)CCCC2)no1. The molecule has 2 aliphatic rings. The summed E-state index contributed by atoms with van der Waals surface area (Å²) in [5, 5.41) is 18.1. The van der Waals surface area contributed by atoms with Crippen molar-refractivity contribution in [2.45, 2.75) is 64.0 Å². The third kappa shape index (κ3) is 4.11. The lowest BCUT2D eigenvalue weighted by Crippen LogP contribution is -2.48. The standard InChI is InChI=1S/C17H30N4O2/c1-13-5-9-21(10-6-13)12-15(22)11-18-17(7-3-4-8-17)16-19-14(2)23-20-16/h13,15,18,22H,3-12H2,1-2H3. The van der Waals surface area contributed by atoms with Crippen molar-refractivity contribution in [1.29, 1.82) is 0 Å². The monoisotopic (exact) mass is 322 g/mol. The van der Waals surface area contributed by atoms with Crippen molar-refractivity contribution in [2.24, 2.45) is 5.92 Å². The summed E-state index contributed by atoms with van der Waals surface area (Å²) in [5.74, 6) is 2.19. The van der Waals surface area contributed by atoms with Gasteiger partial charge in [0.05, 0.1) is 11.6 Å². The zero-order valence-electron chi connectivity index (χ0n) is 14.4. The summed E-state index contributed by atoms with van der Waals surface area (Å²) in [6, 6.07) is 0. The van der Waals surface area contributed by atoms with Crippen LogP contribution in [-0.4, -0.2) is 52.4 Å². The molecular formula is C17H30N4O2. The topological polar surface area (TPSA) is 74.4 Å². The highest BCUT2D eigenvalue weighted by molar-refractivity contribution is 5.08. The largest absolute Gasteiger partial charge is 0.390 e. The van der Waals surface area contributed by atoms with Gasteiger partial charge in [0.15, 0.2) is 5.82 Å². The maximum Gasteiger partial charge on any atom is 0.223 e. The molecule has 130 valence electrons. The van der Waals surface area contributed by atoms with Crippen LogP contribution in [0, 0.1) is 12.8 Å². The normalized spacial score (nSPS) is 24.1. The van der Waals surface area contributed by atoms with Crippen LogP contribution in [-0.2, 0) is 5.54 Å². The summed E-state index contributed by atoms with van der Waals surface area (Å²) in [7, 11) is 0. The number of aliphatic hydroxyl groups excluding tert-OH is 1. The zero-order chi connectivity index (χ0) is 16.3. The van der Waals surface area contributed by atoms with E-state index in [0.29, 0.717) is 12.4 Å².